The van der Waals surface area contributed by atoms with Crippen LogP contribution in [0.15, 0.2) is 0 Å². The molecule has 1 saturated heterocycles. The summed E-state index contributed by atoms with van der Waals surface area (Å²) in [5.74, 6) is -1.68. The Kier molecular flexibility index (Phi) is 3.65. The van der Waals surface area contributed by atoms with E-state index in [0.29, 0.717) is 0 Å². The summed E-state index contributed by atoms with van der Waals surface area (Å²) in [5, 5.41) is 0. The van der Waals surface area contributed by atoms with E-state index in [1.165, 1.54) is 4.90 Å². The summed E-state index contributed by atoms with van der Waals surface area (Å²) in [4.78, 5) is 34.6. The van der Waals surface area contributed by atoms with Crippen molar-refractivity contribution in [3.63, 3.8) is 0 Å². The topological polar surface area (TPSA) is 89.7 Å². The number of carbonyl (C=O) groups excluding carboxylic acids is 3. The zero-order valence-electron chi connectivity index (χ0n) is 8.56. The van der Waals surface area contributed by atoms with Gasteiger partial charge in [0.2, 0.25) is 11.8 Å². The number of carbonyl (C=O) groups is 3. The Morgan fingerprint density at radius 1 is 1.60 bits per heavy atom. The van der Waals surface area contributed by atoms with Crippen LogP contribution in [0, 0.1) is 5.92 Å². The molecule has 0 saturated carbocycles. The van der Waals surface area contributed by atoms with E-state index in [2.05, 4.69) is 0 Å². The lowest BCUT2D eigenvalue weighted by Gasteiger charge is -2.14. The smallest absolute Gasteiger partial charge is 0.325 e. The van der Waals surface area contributed by atoms with Gasteiger partial charge in [0, 0.05) is 13.0 Å². The van der Waals surface area contributed by atoms with Crippen molar-refractivity contribution in [3.8, 4) is 0 Å². The monoisotopic (exact) mass is 214 g/mol. The number of nitrogens with two attached hydrogens (primary N) is 1. The fourth-order valence-electron chi connectivity index (χ4n) is 1.48. The average Bonchev–Trinajstić information content (AvgIpc) is 2.48. The Hall–Kier alpha value is -1.59. The normalized spacial score (nSPS) is 20.5. The van der Waals surface area contributed by atoms with E-state index < -0.39 is 17.8 Å². The number of rotatable bonds is 4. The summed E-state index contributed by atoms with van der Waals surface area (Å²) in [6.45, 7) is 2.08. The number of hydrogen-bond donors (Lipinski definition) is 1. The van der Waals surface area contributed by atoms with E-state index in [0.717, 1.165) is 0 Å². The van der Waals surface area contributed by atoms with Crippen molar-refractivity contribution in [1.29, 1.82) is 0 Å². The van der Waals surface area contributed by atoms with Crippen molar-refractivity contribution in [1.82, 2.24) is 4.90 Å². The molecule has 1 aliphatic rings. The Morgan fingerprint density at radius 3 is 2.73 bits per heavy atom. The number of ether oxygens (including phenoxy) is 1. The van der Waals surface area contributed by atoms with Crippen LogP contribution in [0.25, 0.3) is 0 Å². The molecule has 0 aromatic heterocycles. The maximum Gasteiger partial charge on any atom is 0.325 e. The molecule has 0 radical (unpaired) electrons. The molecule has 1 aliphatic heterocycles. The predicted octanol–water partition coefficient (Wildman–Crippen LogP) is -1.12. The van der Waals surface area contributed by atoms with Gasteiger partial charge in [-0.05, 0) is 6.92 Å². The second-order valence-corrected chi connectivity index (χ2v) is 3.38. The van der Waals surface area contributed by atoms with Gasteiger partial charge in [-0.2, -0.15) is 0 Å². The van der Waals surface area contributed by atoms with Crippen LogP contribution in [-0.4, -0.2) is 42.4 Å². The van der Waals surface area contributed by atoms with Gasteiger partial charge in [-0.1, -0.05) is 0 Å². The second-order valence-electron chi connectivity index (χ2n) is 3.38. The van der Waals surface area contributed by atoms with E-state index in [9.17, 15) is 14.4 Å². The van der Waals surface area contributed by atoms with Gasteiger partial charge in [0.25, 0.3) is 0 Å². The van der Waals surface area contributed by atoms with Gasteiger partial charge in [0.1, 0.15) is 6.54 Å². The summed E-state index contributed by atoms with van der Waals surface area (Å²) in [5.41, 5.74) is 5.08. The van der Waals surface area contributed by atoms with Crippen LogP contribution in [0.3, 0.4) is 0 Å². The van der Waals surface area contributed by atoms with Crippen LogP contribution in [0.5, 0.6) is 0 Å². The molecule has 0 aromatic rings. The van der Waals surface area contributed by atoms with Crippen LogP contribution in [0.4, 0.5) is 0 Å². The molecule has 2 amide bonds. The van der Waals surface area contributed by atoms with Gasteiger partial charge < -0.3 is 15.4 Å². The van der Waals surface area contributed by atoms with Crippen molar-refractivity contribution in [2.45, 2.75) is 13.3 Å². The second kappa shape index (κ2) is 4.77. The van der Waals surface area contributed by atoms with Gasteiger partial charge in [-0.25, -0.2) is 0 Å². The number of primary amides is 1. The third-order valence-electron chi connectivity index (χ3n) is 2.24. The van der Waals surface area contributed by atoms with Crippen molar-refractivity contribution < 1.29 is 19.1 Å². The first kappa shape index (κ1) is 11.5. The number of nitrogens with zero attached hydrogens (tertiary/aromatic N) is 1. The van der Waals surface area contributed by atoms with Gasteiger partial charge >= 0.3 is 5.97 Å². The Morgan fingerprint density at radius 2 is 2.27 bits per heavy atom. The van der Waals surface area contributed by atoms with Crippen LogP contribution >= 0.6 is 0 Å². The SMILES string of the molecule is CCOC(=O)CN1CC(C(N)=O)CC1=O. The summed E-state index contributed by atoms with van der Waals surface area (Å²) in [7, 11) is 0. The number of hydrogen-bond acceptors (Lipinski definition) is 4. The maximum absolute atomic E-state index is 11.3. The minimum absolute atomic E-state index is 0.0920. The van der Waals surface area contributed by atoms with Crippen molar-refractivity contribution in [2.75, 3.05) is 19.7 Å². The Balaban J connectivity index is 2.47. The summed E-state index contributed by atoms with van der Waals surface area (Å²) in [6, 6.07) is 0. The molecular formula is C9H14N2O4. The Labute approximate surface area is 87.4 Å². The highest BCUT2D eigenvalue weighted by atomic mass is 16.5. The van der Waals surface area contributed by atoms with Gasteiger partial charge in [0.15, 0.2) is 0 Å². The summed E-state index contributed by atoms with van der Waals surface area (Å²) in [6.07, 6.45) is 0.0920. The third kappa shape index (κ3) is 2.93. The van der Waals surface area contributed by atoms with Gasteiger partial charge in [-0.15, -0.1) is 0 Å². The lowest BCUT2D eigenvalue weighted by molar-refractivity contribution is -0.147. The molecule has 0 aliphatic carbocycles. The summed E-state index contributed by atoms with van der Waals surface area (Å²) < 4.78 is 4.70. The highest BCUT2D eigenvalue weighted by Gasteiger charge is 2.34. The minimum Gasteiger partial charge on any atom is -0.465 e. The largest absolute Gasteiger partial charge is 0.465 e. The zero-order chi connectivity index (χ0) is 11.4. The number of likely N-dealkylation sites (tertiary alicyclic amines) is 1. The molecule has 0 spiro atoms. The third-order valence-corrected chi connectivity index (χ3v) is 2.24. The maximum atomic E-state index is 11.3. The highest BCUT2D eigenvalue weighted by molar-refractivity contribution is 5.90. The highest BCUT2D eigenvalue weighted by Crippen LogP contribution is 2.16. The lowest BCUT2D eigenvalue weighted by atomic mass is 10.1. The Bertz CT molecular complexity index is 290. The molecule has 1 unspecified atom stereocenters. The molecule has 1 atom stereocenters. The molecule has 0 aromatic carbocycles. The molecule has 6 heteroatoms. The fraction of sp³-hybridized carbons (Fsp3) is 0.667. The first-order chi connectivity index (χ1) is 7.04. The van der Waals surface area contributed by atoms with Crippen LogP contribution in [0.2, 0.25) is 0 Å². The van der Waals surface area contributed by atoms with Crippen LogP contribution < -0.4 is 5.73 Å². The summed E-state index contributed by atoms with van der Waals surface area (Å²) >= 11 is 0. The van der Waals surface area contributed by atoms with E-state index in [-0.39, 0.29) is 32.0 Å². The molecule has 1 rings (SSSR count). The van der Waals surface area contributed by atoms with Crippen molar-refractivity contribution in [3.05, 3.63) is 0 Å². The molecule has 6 nitrogen and oxygen atoms in total. The first-order valence-electron chi connectivity index (χ1n) is 4.77. The molecular weight excluding hydrogens is 200 g/mol. The molecule has 1 heterocycles. The van der Waals surface area contributed by atoms with Crippen molar-refractivity contribution >= 4 is 17.8 Å². The number of esters is 1. The van der Waals surface area contributed by atoms with E-state index >= 15 is 0 Å². The van der Waals surface area contributed by atoms with E-state index in [1.807, 2.05) is 0 Å². The molecule has 15 heavy (non-hydrogen) atoms. The first-order valence-corrected chi connectivity index (χ1v) is 4.77. The van der Waals surface area contributed by atoms with Crippen molar-refractivity contribution in [2.24, 2.45) is 11.7 Å². The zero-order valence-corrected chi connectivity index (χ0v) is 8.56. The van der Waals surface area contributed by atoms with E-state index in [1.54, 1.807) is 6.92 Å². The predicted molar refractivity (Wildman–Crippen MR) is 50.5 cm³/mol. The molecule has 1 fully saturated rings. The molecule has 84 valence electrons. The fourth-order valence-corrected chi connectivity index (χ4v) is 1.48. The van der Waals surface area contributed by atoms with Crippen LogP contribution in [-0.2, 0) is 19.1 Å². The van der Waals surface area contributed by atoms with Gasteiger partial charge in [0.05, 0.1) is 12.5 Å². The molecule has 0 bridgehead atoms. The van der Waals surface area contributed by atoms with E-state index in [4.69, 9.17) is 10.5 Å². The quantitative estimate of drug-likeness (QED) is 0.600. The minimum atomic E-state index is -0.505. The lowest BCUT2D eigenvalue weighted by Crippen LogP contribution is -2.33. The van der Waals surface area contributed by atoms with Gasteiger partial charge in [-0.3, -0.25) is 14.4 Å². The average molecular weight is 214 g/mol. The van der Waals surface area contributed by atoms with Crippen LogP contribution in [0.1, 0.15) is 13.3 Å². The molecule has 2 N–H and O–H groups in total. The number of amides is 2. The standard InChI is InChI=1S/C9H14N2O4/c1-2-15-8(13)5-11-4-6(9(10)14)3-7(11)12/h6H,2-5H2,1H3,(H2,10,14).